The molecule has 3 N–H and O–H groups in total. The quantitative estimate of drug-likeness (QED) is 0.543. The van der Waals surface area contributed by atoms with Gasteiger partial charge in [0, 0.05) is 19.7 Å². The number of nitrogens with one attached hydrogen (secondary N) is 3. The Balaban J connectivity index is 2.11. The summed E-state index contributed by atoms with van der Waals surface area (Å²) in [6.07, 6.45) is 1.58. The molecule has 0 radical (unpaired) electrons. The molecule has 0 bridgehead atoms. The first-order valence-corrected chi connectivity index (χ1v) is 4.32. The van der Waals surface area contributed by atoms with Crippen LogP contribution >= 0.6 is 0 Å². The van der Waals surface area contributed by atoms with Gasteiger partial charge in [-0.3, -0.25) is 9.89 Å². The first kappa shape index (κ1) is 10.7. The van der Waals surface area contributed by atoms with E-state index in [0.29, 0.717) is 19.0 Å². The van der Waals surface area contributed by atoms with Crippen LogP contribution in [0, 0.1) is 0 Å². The van der Waals surface area contributed by atoms with Crippen LogP contribution in [-0.4, -0.2) is 42.9 Å². The number of hydrogen-bond donors (Lipinski definition) is 3. The highest BCUT2D eigenvalue weighted by atomic mass is 16.5. The number of methoxy groups -OCH3 is 1. The zero-order chi connectivity index (χ0) is 10.2. The zero-order valence-electron chi connectivity index (χ0n) is 8.04. The van der Waals surface area contributed by atoms with Crippen molar-refractivity contribution in [2.75, 3.05) is 32.1 Å². The van der Waals surface area contributed by atoms with Crippen molar-refractivity contribution >= 4 is 11.7 Å². The van der Waals surface area contributed by atoms with E-state index in [1.807, 2.05) is 0 Å². The maximum atomic E-state index is 11.2. The minimum absolute atomic E-state index is 0.106. The average molecular weight is 198 g/mol. The summed E-state index contributed by atoms with van der Waals surface area (Å²) < 4.78 is 4.82. The minimum Gasteiger partial charge on any atom is -0.383 e. The fourth-order valence-corrected chi connectivity index (χ4v) is 0.896. The third-order valence-corrected chi connectivity index (χ3v) is 1.54. The van der Waals surface area contributed by atoms with Gasteiger partial charge in [-0.2, -0.15) is 5.10 Å². The summed E-state index contributed by atoms with van der Waals surface area (Å²) in [5.74, 6) is 0.494. The highest BCUT2D eigenvalue weighted by Gasteiger charge is 2.01. The molecule has 0 saturated heterocycles. The molecule has 0 fully saturated rings. The van der Waals surface area contributed by atoms with Crippen molar-refractivity contribution < 1.29 is 9.53 Å². The molecule has 0 atom stereocenters. The molecule has 0 saturated carbocycles. The number of carbonyl (C=O) groups excluding carboxylic acids is 1. The van der Waals surface area contributed by atoms with Crippen molar-refractivity contribution in [3.8, 4) is 0 Å². The Hall–Kier alpha value is -1.40. The second kappa shape index (κ2) is 6.11. The third-order valence-electron chi connectivity index (χ3n) is 1.54. The van der Waals surface area contributed by atoms with Gasteiger partial charge in [0.25, 0.3) is 0 Å². The number of hydrogen-bond acceptors (Lipinski definition) is 4. The summed E-state index contributed by atoms with van der Waals surface area (Å²) in [6.45, 7) is 1.52. The normalized spacial score (nSPS) is 10.1. The number of aromatic nitrogens is 2. The van der Waals surface area contributed by atoms with Crippen LogP contribution in [-0.2, 0) is 9.53 Å². The van der Waals surface area contributed by atoms with Gasteiger partial charge in [-0.15, -0.1) is 0 Å². The lowest BCUT2D eigenvalue weighted by atomic mass is 10.5. The van der Waals surface area contributed by atoms with Crippen molar-refractivity contribution in [1.29, 1.82) is 0 Å². The van der Waals surface area contributed by atoms with Gasteiger partial charge in [0.05, 0.1) is 19.3 Å². The third kappa shape index (κ3) is 4.01. The van der Waals surface area contributed by atoms with E-state index in [1.54, 1.807) is 19.4 Å². The highest BCUT2D eigenvalue weighted by molar-refractivity contribution is 5.91. The van der Waals surface area contributed by atoms with Gasteiger partial charge < -0.3 is 15.4 Å². The fourth-order valence-electron chi connectivity index (χ4n) is 0.896. The van der Waals surface area contributed by atoms with E-state index in [0.717, 1.165) is 0 Å². The van der Waals surface area contributed by atoms with E-state index in [1.165, 1.54) is 0 Å². The first-order valence-electron chi connectivity index (χ1n) is 4.32. The predicted octanol–water partition coefficient (Wildman–Crippen LogP) is -0.416. The summed E-state index contributed by atoms with van der Waals surface area (Å²) >= 11 is 0. The largest absolute Gasteiger partial charge is 0.383 e. The molecular formula is C8H14N4O2. The van der Waals surface area contributed by atoms with Crippen LogP contribution in [0.25, 0.3) is 0 Å². The Morgan fingerprint density at radius 2 is 2.57 bits per heavy atom. The lowest BCUT2D eigenvalue weighted by Crippen LogP contribution is -2.30. The molecule has 0 aliphatic heterocycles. The Bertz CT molecular complexity index is 260. The summed E-state index contributed by atoms with van der Waals surface area (Å²) in [4.78, 5) is 11.2. The van der Waals surface area contributed by atoms with Crippen LogP contribution in [0.3, 0.4) is 0 Å². The predicted molar refractivity (Wildman–Crippen MR) is 52.0 cm³/mol. The number of nitrogens with zero attached hydrogens (tertiary/aromatic N) is 1. The van der Waals surface area contributed by atoms with Crippen molar-refractivity contribution in [3.63, 3.8) is 0 Å². The Morgan fingerprint density at radius 1 is 1.71 bits per heavy atom. The number of amides is 1. The smallest absolute Gasteiger partial charge is 0.239 e. The second-order valence-electron chi connectivity index (χ2n) is 2.69. The number of H-pyrrole nitrogens is 1. The first-order chi connectivity index (χ1) is 6.83. The van der Waals surface area contributed by atoms with Crippen LogP contribution in [0.15, 0.2) is 12.3 Å². The SMILES string of the molecule is COCCNCC(=O)Nc1ccn[nH]1. The van der Waals surface area contributed by atoms with Crippen LogP contribution in [0.5, 0.6) is 0 Å². The van der Waals surface area contributed by atoms with Gasteiger partial charge in [0.15, 0.2) is 0 Å². The molecule has 1 amide bonds. The van der Waals surface area contributed by atoms with Crippen LogP contribution < -0.4 is 10.6 Å². The fraction of sp³-hybridized carbons (Fsp3) is 0.500. The monoisotopic (exact) mass is 198 g/mol. The van der Waals surface area contributed by atoms with Gasteiger partial charge in [-0.05, 0) is 0 Å². The summed E-state index contributed by atoms with van der Waals surface area (Å²) in [5, 5.41) is 11.9. The molecule has 14 heavy (non-hydrogen) atoms. The number of aromatic amines is 1. The molecule has 1 aromatic heterocycles. The summed E-state index contributed by atoms with van der Waals surface area (Å²) in [6, 6.07) is 1.69. The van der Waals surface area contributed by atoms with E-state index in [9.17, 15) is 4.79 Å². The maximum Gasteiger partial charge on any atom is 0.239 e. The lowest BCUT2D eigenvalue weighted by Gasteiger charge is -2.03. The van der Waals surface area contributed by atoms with Gasteiger partial charge in [-0.1, -0.05) is 0 Å². The molecular weight excluding hydrogens is 184 g/mol. The summed E-state index contributed by atoms with van der Waals surface area (Å²) in [5.41, 5.74) is 0. The van der Waals surface area contributed by atoms with E-state index in [2.05, 4.69) is 20.8 Å². The van der Waals surface area contributed by atoms with Gasteiger partial charge in [0.1, 0.15) is 5.82 Å². The molecule has 1 aromatic rings. The maximum absolute atomic E-state index is 11.2. The van der Waals surface area contributed by atoms with Crippen molar-refractivity contribution in [2.45, 2.75) is 0 Å². The standard InChI is InChI=1S/C8H14N4O2/c1-14-5-4-9-6-8(13)11-7-2-3-10-12-7/h2-3,9H,4-6H2,1H3,(H2,10,11,12,13). The van der Waals surface area contributed by atoms with E-state index in [-0.39, 0.29) is 12.5 Å². The molecule has 1 heterocycles. The number of carbonyl (C=O) groups is 1. The molecule has 0 aliphatic carbocycles. The van der Waals surface area contributed by atoms with Crippen LogP contribution in [0.4, 0.5) is 5.82 Å². The highest BCUT2D eigenvalue weighted by Crippen LogP contribution is 1.96. The Labute approximate surface area is 82.0 Å². The molecule has 0 aliphatic rings. The number of rotatable bonds is 6. The van der Waals surface area contributed by atoms with Gasteiger partial charge >= 0.3 is 0 Å². The van der Waals surface area contributed by atoms with Crippen molar-refractivity contribution in [2.24, 2.45) is 0 Å². The second-order valence-corrected chi connectivity index (χ2v) is 2.69. The molecule has 1 rings (SSSR count). The molecule has 0 spiro atoms. The van der Waals surface area contributed by atoms with Gasteiger partial charge in [0.2, 0.25) is 5.91 Å². The Kier molecular flexibility index (Phi) is 4.66. The minimum atomic E-state index is -0.106. The Morgan fingerprint density at radius 3 is 3.21 bits per heavy atom. The molecule has 0 aromatic carbocycles. The molecule has 0 unspecified atom stereocenters. The lowest BCUT2D eigenvalue weighted by molar-refractivity contribution is -0.115. The number of ether oxygens (including phenoxy) is 1. The van der Waals surface area contributed by atoms with Crippen LogP contribution in [0.1, 0.15) is 0 Å². The molecule has 6 nitrogen and oxygen atoms in total. The topological polar surface area (TPSA) is 79.0 Å². The van der Waals surface area contributed by atoms with E-state index < -0.39 is 0 Å². The average Bonchev–Trinajstić information content (AvgIpc) is 2.65. The van der Waals surface area contributed by atoms with Crippen LogP contribution in [0.2, 0.25) is 0 Å². The number of anilines is 1. The van der Waals surface area contributed by atoms with E-state index >= 15 is 0 Å². The van der Waals surface area contributed by atoms with Crippen molar-refractivity contribution in [1.82, 2.24) is 15.5 Å². The summed E-state index contributed by atoms with van der Waals surface area (Å²) in [7, 11) is 1.62. The molecule has 6 heteroatoms. The van der Waals surface area contributed by atoms with Gasteiger partial charge in [-0.25, -0.2) is 0 Å². The zero-order valence-corrected chi connectivity index (χ0v) is 8.04. The van der Waals surface area contributed by atoms with E-state index in [4.69, 9.17) is 4.74 Å². The van der Waals surface area contributed by atoms with Crippen molar-refractivity contribution in [3.05, 3.63) is 12.3 Å². The molecule has 78 valence electrons.